The van der Waals surface area contributed by atoms with Gasteiger partial charge in [0.15, 0.2) is 0 Å². The van der Waals surface area contributed by atoms with Crippen molar-refractivity contribution in [2.75, 3.05) is 0 Å². The van der Waals surface area contributed by atoms with Crippen LogP contribution in [0.25, 0.3) is 132 Å². The van der Waals surface area contributed by atoms with Crippen molar-refractivity contribution in [1.29, 1.82) is 5.26 Å². The topological polar surface area (TPSA) is 43.5 Å². The van der Waals surface area contributed by atoms with Gasteiger partial charge in [0.25, 0.3) is 0 Å². The Kier molecular flexibility index (Phi) is 10.2. The standard InChI is InChI=1S/C69H39F6N5/c70-68(71,72)43-29-31-46(55(39-43)69(73,74)75)42-28-30-49(63(38-42)80-59-26-14-10-22-53(59)65-62(80)36-33-51-48-20-8-12-24-57(48)78(67(51)65)45-17-5-2-6-18-45)54-37-41(40-76)27-34-60(54)79-58-25-13-9-21-52(58)64-61(79)35-32-50-47-19-7-11-23-56(47)77(66(50)64)44-15-3-1-4-16-44/h1-39H. The summed E-state index contributed by atoms with van der Waals surface area (Å²) in [7, 11) is 0. The number of nitriles is 1. The lowest BCUT2D eigenvalue weighted by Gasteiger charge is -2.21. The summed E-state index contributed by atoms with van der Waals surface area (Å²) in [5.74, 6) is 0. The maximum atomic E-state index is 15.3. The molecule has 0 aliphatic heterocycles. The van der Waals surface area contributed by atoms with Gasteiger partial charge in [-0.25, -0.2) is 0 Å². The summed E-state index contributed by atoms with van der Waals surface area (Å²) in [6.07, 6.45) is -10.2. The fourth-order valence-corrected chi connectivity index (χ4v) is 12.6. The van der Waals surface area contributed by atoms with E-state index in [0.717, 1.165) is 105 Å². The lowest BCUT2D eigenvalue weighted by molar-refractivity contribution is -0.142. The van der Waals surface area contributed by atoms with Crippen LogP contribution in [0.1, 0.15) is 16.7 Å². The van der Waals surface area contributed by atoms with Crippen molar-refractivity contribution in [3.05, 3.63) is 253 Å². The van der Waals surface area contributed by atoms with Gasteiger partial charge in [-0.3, -0.25) is 0 Å². The minimum Gasteiger partial charge on any atom is -0.309 e. The Morgan fingerprint density at radius 3 is 1.29 bits per heavy atom. The first-order valence-electron chi connectivity index (χ1n) is 26.0. The molecule has 0 spiro atoms. The monoisotopic (exact) mass is 1050 g/mol. The van der Waals surface area contributed by atoms with Crippen molar-refractivity contribution in [3.8, 4) is 51.1 Å². The fourth-order valence-electron chi connectivity index (χ4n) is 12.6. The molecule has 11 aromatic carbocycles. The van der Waals surface area contributed by atoms with Crippen LogP contribution in [0.5, 0.6) is 0 Å². The van der Waals surface area contributed by atoms with Crippen molar-refractivity contribution >= 4 is 87.2 Å². The van der Waals surface area contributed by atoms with E-state index < -0.39 is 29.0 Å². The molecule has 15 rings (SSSR count). The van der Waals surface area contributed by atoms with Gasteiger partial charge in [0.05, 0.1) is 78.3 Å². The van der Waals surface area contributed by atoms with Crippen molar-refractivity contribution in [2.24, 2.45) is 0 Å². The SMILES string of the molecule is N#Cc1ccc(-n2c3ccccc3c3c2ccc2c4ccccc4n(-c4ccccc4)c23)c(-c2ccc(-c3ccc(C(F)(F)F)cc3C(F)(F)F)cc2-n2c3ccccc3c3c2ccc2c4ccccc4n(-c4ccccc4)c23)c1. The highest BCUT2D eigenvalue weighted by Crippen LogP contribution is 2.49. The van der Waals surface area contributed by atoms with Gasteiger partial charge in [0.1, 0.15) is 0 Å². The van der Waals surface area contributed by atoms with Crippen molar-refractivity contribution in [1.82, 2.24) is 18.3 Å². The van der Waals surface area contributed by atoms with E-state index in [4.69, 9.17) is 0 Å². The van der Waals surface area contributed by atoms with E-state index >= 15 is 13.2 Å². The summed E-state index contributed by atoms with van der Waals surface area (Å²) < 4.78 is 97.3. The number of nitrogens with zero attached hydrogens (tertiary/aromatic N) is 5. The third-order valence-corrected chi connectivity index (χ3v) is 15.8. The van der Waals surface area contributed by atoms with Crippen LogP contribution in [0.3, 0.4) is 0 Å². The number of fused-ring (bicyclic) bond motifs is 14. The normalized spacial score (nSPS) is 12.4. The molecule has 15 aromatic rings. The second-order valence-electron chi connectivity index (χ2n) is 20.1. The molecular formula is C69H39F6N5. The molecule has 11 heteroatoms. The highest BCUT2D eigenvalue weighted by Gasteiger charge is 2.39. The number of alkyl halides is 6. The zero-order valence-electron chi connectivity index (χ0n) is 42.0. The summed E-state index contributed by atoms with van der Waals surface area (Å²) in [4.78, 5) is 0. The molecule has 4 heterocycles. The second kappa shape index (κ2) is 17.3. The van der Waals surface area contributed by atoms with E-state index in [1.54, 1.807) is 18.2 Å². The molecule has 0 fully saturated rings. The molecule has 0 aliphatic rings. The average molecular weight is 1050 g/mol. The van der Waals surface area contributed by atoms with Crippen LogP contribution in [-0.2, 0) is 12.4 Å². The molecular weight excluding hydrogens is 1010 g/mol. The predicted octanol–water partition coefficient (Wildman–Crippen LogP) is 19.3. The quantitative estimate of drug-likeness (QED) is 0.153. The van der Waals surface area contributed by atoms with Crippen LogP contribution >= 0.6 is 0 Å². The molecule has 0 unspecified atom stereocenters. The summed E-state index contributed by atoms with van der Waals surface area (Å²) in [5, 5.41) is 18.6. The summed E-state index contributed by atoms with van der Waals surface area (Å²) in [6.45, 7) is 0. The molecule has 0 radical (unpaired) electrons. The summed E-state index contributed by atoms with van der Waals surface area (Å²) in [5.41, 5.74) is 8.46. The van der Waals surface area contributed by atoms with Crippen LogP contribution in [0.4, 0.5) is 26.3 Å². The second-order valence-corrected chi connectivity index (χ2v) is 20.1. The highest BCUT2D eigenvalue weighted by molar-refractivity contribution is 6.28. The van der Waals surface area contributed by atoms with Crippen LogP contribution in [0, 0.1) is 11.3 Å². The lowest BCUT2D eigenvalue weighted by atomic mass is 9.92. The van der Waals surface area contributed by atoms with E-state index in [-0.39, 0.29) is 11.6 Å². The van der Waals surface area contributed by atoms with Gasteiger partial charge in [-0.1, -0.05) is 140 Å². The first-order chi connectivity index (χ1) is 39.0. The molecule has 0 atom stereocenters. The molecule has 0 bridgehead atoms. The van der Waals surface area contributed by atoms with Gasteiger partial charge >= 0.3 is 12.4 Å². The Hall–Kier alpha value is -10.3. The van der Waals surface area contributed by atoms with E-state index in [0.29, 0.717) is 34.1 Å². The lowest BCUT2D eigenvalue weighted by Crippen LogP contribution is -2.12. The molecule has 80 heavy (non-hydrogen) atoms. The van der Waals surface area contributed by atoms with Gasteiger partial charge in [0, 0.05) is 65.6 Å². The molecule has 4 aromatic heterocycles. The molecule has 382 valence electrons. The summed E-state index contributed by atoms with van der Waals surface area (Å²) >= 11 is 0. The number of hydrogen-bond acceptors (Lipinski definition) is 1. The average Bonchev–Trinajstić information content (AvgIpc) is 4.42. The molecule has 0 aliphatic carbocycles. The molecule has 5 nitrogen and oxygen atoms in total. The smallest absolute Gasteiger partial charge is 0.309 e. The van der Waals surface area contributed by atoms with E-state index in [1.165, 1.54) is 6.07 Å². The van der Waals surface area contributed by atoms with Gasteiger partial charge in [-0.05, 0) is 108 Å². The van der Waals surface area contributed by atoms with Crippen molar-refractivity contribution in [3.63, 3.8) is 0 Å². The number of rotatable bonds is 6. The molecule has 0 saturated carbocycles. The Morgan fingerprint density at radius 1 is 0.325 bits per heavy atom. The third-order valence-electron chi connectivity index (χ3n) is 15.8. The van der Waals surface area contributed by atoms with E-state index in [1.807, 2.05) is 120 Å². The Balaban J connectivity index is 1.08. The zero-order chi connectivity index (χ0) is 54.2. The maximum absolute atomic E-state index is 15.3. The first kappa shape index (κ1) is 46.9. The molecule has 0 N–H and O–H groups in total. The van der Waals surface area contributed by atoms with E-state index in [9.17, 15) is 18.4 Å². The van der Waals surface area contributed by atoms with Crippen molar-refractivity contribution in [2.45, 2.75) is 12.4 Å². The Labute approximate surface area is 451 Å². The molecule has 0 amide bonds. The first-order valence-corrected chi connectivity index (χ1v) is 26.0. The predicted molar refractivity (Wildman–Crippen MR) is 309 cm³/mol. The third kappa shape index (κ3) is 6.91. The van der Waals surface area contributed by atoms with Gasteiger partial charge < -0.3 is 18.3 Å². The fraction of sp³-hybridized carbons (Fsp3) is 0.0290. The number of aromatic nitrogens is 4. The van der Waals surface area contributed by atoms with Crippen LogP contribution in [0.2, 0.25) is 0 Å². The van der Waals surface area contributed by atoms with Gasteiger partial charge in [-0.15, -0.1) is 0 Å². The number of para-hydroxylation sites is 6. The van der Waals surface area contributed by atoms with Crippen LogP contribution in [-0.4, -0.2) is 18.3 Å². The molecule has 0 saturated heterocycles. The van der Waals surface area contributed by atoms with Gasteiger partial charge in [-0.2, -0.15) is 31.6 Å². The van der Waals surface area contributed by atoms with Crippen molar-refractivity contribution < 1.29 is 26.3 Å². The maximum Gasteiger partial charge on any atom is 0.417 e. The minimum atomic E-state index is -5.15. The number of hydrogen-bond donors (Lipinski definition) is 0. The van der Waals surface area contributed by atoms with Crippen LogP contribution < -0.4 is 0 Å². The van der Waals surface area contributed by atoms with Crippen LogP contribution in [0.15, 0.2) is 237 Å². The zero-order valence-corrected chi connectivity index (χ0v) is 42.0. The minimum absolute atomic E-state index is 0.0428. The van der Waals surface area contributed by atoms with E-state index in [2.05, 4.69) is 98.6 Å². The summed E-state index contributed by atoms with van der Waals surface area (Å²) in [6, 6.07) is 75.8. The Bertz CT molecular complexity index is 5110. The van der Waals surface area contributed by atoms with Gasteiger partial charge in [0.2, 0.25) is 0 Å². The Morgan fingerprint density at radius 2 is 0.787 bits per heavy atom. The number of benzene rings is 11. The number of halogens is 6. The largest absolute Gasteiger partial charge is 0.417 e. The highest BCUT2D eigenvalue weighted by atomic mass is 19.4.